The molecule has 17 aromatic rings. The second kappa shape index (κ2) is 22.1. The van der Waals surface area contributed by atoms with Gasteiger partial charge in [0, 0.05) is 67.0 Å². The molecular formula is C86H58N4. The van der Waals surface area contributed by atoms with E-state index in [1.807, 2.05) is 0 Å². The summed E-state index contributed by atoms with van der Waals surface area (Å²) in [5.41, 5.74) is 22.7. The van der Waals surface area contributed by atoms with Gasteiger partial charge in [-0.25, -0.2) is 0 Å². The lowest BCUT2D eigenvalue weighted by Gasteiger charge is -2.29. The number of fused-ring (bicyclic) bond motifs is 8. The quantitative estimate of drug-likeness (QED) is 0.121. The summed E-state index contributed by atoms with van der Waals surface area (Å²) in [7, 11) is 0. The zero-order chi connectivity index (χ0) is 59.5. The molecule has 0 aliphatic carbocycles. The monoisotopic (exact) mass is 1150 g/mol. The van der Waals surface area contributed by atoms with E-state index in [0.717, 1.165) is 67.6 Å². The van der Waals surface area contributed by atoms with Crippen LogP contribution in [0.4, 0.5) is 34.1 Å². The summed E-state index contributed by atoms with van der Waals surface area (Å²) in [6, 6.07) is 129. The molecule has 4 heteroatoms. The second-order valence-corrected chi connectivity index (χ2v) is 23.3. The van der Waals surface area contributed by atoms with Crippen molar-refractivity contribution in [1.82, 2.24) is 9.13 Å². The van der Waals surface area contributed by atoms with E-state index in [0.29, 0.717) is 0 Å². The van der Waals surface area contributed by atoms with Crippen molar-refractivity contribution >= 4 is 99.3 Å². The van der Waals surface area contributed by atoms with Crippen LogP contribution in [-0.4, -0.2) is 9.13 Å². The Morgan fingerprint density at radius 1 is 0.178 bits per heavy atom. The average molecular weight is 1150 g/mol. The maximum Gasteiger partial charge on any atom is 0.0542 e. The standard InChI is InChI=1S/C86H58N4/c1-5-20-59(21-6-1)61-38-44-69(45-39-61)89-83-50-42-65(77-36-17-26-63-24-13-15-34-75(63)77)54-79(83)81-57-73(48-52-85(81)89)87(67-28-9-3-10-29-67)71-32-19-33-72(56-71)88(68-30-11-4-12-31-68)74-49-53-86-82(58-74)80-55-66(78-37-18-27-64-25-14-16-35-76(64)78)43-51-84(80)90(86)70-46-40-62(41-47-70)60-22-7-2-8-23-60/h1-58H. The maximum atomic E-state index is 2.43. The molecule has 2 aromatic heterocycles. The van der Waals surface area contributed by atoms with E-state index in [1.165, 1.54) is 87.6 Å². The topological polar surface area (TPSA) is 16.3 Å². The molecule has 0 bridgehead atoms. The number of hydrogen-bond donors (Lipinski definition) is 0. The lowest BCUT2D eigenvalue weighted by Crippen LogP contribution is -2.13. The van der Waals surface area contributed by atoms with Gasteiger partial charge in [0.05, 0.1) is 22.1 Å². The number of para-hydroxylation sites is 2. The molecule has 0 radical (unpaired) electrons. The van der Waals surface area contributed by atoms with E-state index in [4.69, 9.17) is 0 Å². The predicted octanol–water partition coefficient (Wildman–Crippen LogP) is 23.8. The highest BCUT2D eigenvalue weighted by atomic mass is 15.2. The Morgan fingerprint density at radius 2 is 0.478 bits per heavy atom. The Labute approximate surface area is 522 Å². The minimum Gasteiger partial charge on any atom is -0.310 e. The molecule has 0 amide bonds. The third-order valence-corrected chi connectivity index (χ3v) is 18.1. The average Bonchev–Trinajstić information content (AvgIpc) is 1.65. The SMILES string of the molecule is c1ccc(-c2ccc(-n3c4ccc(-c5cccc6ccccc56)cc4c4cc(N(c5ccccc5)c5cccc(N(c6ccccc6)c6ccc7c(c6)c6cc(-c8cccc9ccccc89)ccc6n7-c6ccc(-c7ccccc7)cc6)c5)ccc43)cc2)cc1. The Hall–Kier alpha value is -12.0. The van der Waals surface area contributed by atoms with Crippen molar-refractivity contribution in [1.29, 1.82) is 0 Å². The van der Waals surface area contributed by atoms with Gasteiger partial charge in [-0.1, -0.05) is 224 Å². The third kappa shape index (κ3) is 9.17. The van der Waals surface area contributed by atoms with Crippen LogP contribution in [0.1, 0.15) is 0 Å². The predicted molar refractivity (Wildman–Crippen MR) is 381 cm³/mol. The Balaban J connectivity index is 0.829. The van der Waals surface area contributed by atoms with Crippen LogP contribution in [-0.2, 0) is 0 Å². The molecule has 0 aliphatic heterocycles. The summed E-state index contributed by atoms with van der Waals surface area (Å²) in [4.78, 5) is 4.82. The first-order chi connectivity index (χ1) is 44.6. The lowest BCUT2D eigenvalue weighted by molar-refractivity contribution is 1.18. The van der Waals surface area contributed by atoms with Crippen LogP contribution >= 0.6 is 0 Å². The highest BCUT2D eigenvalue weighted by Crippen LogP contribution is 2.46. The molecule has 422 valence electrons. The fourth-order valence-corrected chi connectivity index (χ4v) is 13.8. The van der Waals surface area contributed by atoms with Gasteiger partial charge in [-0.3, -0.25) is 0 Å². The minimum absolute atomic E-state index is 1.03. The Kier molecular flexibility index (Phi) is 12.8. The van der Waals surface area contributed by atoms with Crippen molar-refractivity contribution in [2.45, 2.75) is 0 Å². The van der Waals surface area contributed by atoms with Crippen LogP contribution < -0.4 is 9.80 Å². The van der Waals surface area contributed by atoms with Gasteiger partial charge in [0.15, 0.2) is 0 Å². The van der Waals surface area contributed by atoms with Crippen LogP contribution in [0.3, 0.4) is 0 Å². The van der Waals surface area contributed by atoms with Gasteiger partial charge in [0.1, 0.15) is 0 Å². The van der Waals surface area contributed by atoms with Gasteiger partial charge >= 0.3 is 0 Å². The van der Waals surface area contributed by atoms with E-state index in [9.17, 15) is 0 Å². The molecule has 17 rings (SSSR count). The lowest BCUT2D eigenvalue weighted by atomic mass is 9.97. The molecule has 0 saturated carbocycles. The van der Waals surface area contributed by atoms with Crippen molar-refractivity contribution in [2.24, 2.45) is 0 Å². The number of aromatic nitrogens is 2. The van der Waals surface area contributed by atoms with E-state index < -0.39 is 0 Å². The highest BCUT2D eigenvalue weighted by Gasteiger charge is 2.23. The maximum absolute atomic E-state index is 2.43. The summed E-state index contributed by atoms with van der Waals surface area (Å²) in [6.07, 6.45) is 0. The molecule has 0 N–H and O–H groups in total. The zero-order valence-corrected chi connectivity index (χ0v) is 49.3. The fraction of sp³-hybridized carbons (Fsp3) is 0. The van der Waals surface area contributed by atoms with Gasteiger partial charge in [-0.2, -0.15) is 0 Å². The molecule has 15 aromatic carbocycles. The number of nitrogens with zero attached hydrogens (tertiary/aromatic N) is 4. The van der Waals surface area contributed by atoms with Crippen LogP contribution in [0.25, 0.3) is 121 Å². The van der Waals surface area contributed by atoms with E-state index in [2.05, 4.69) is 371 Å². The summed E-state index contributed by atoms with van der Waals surface area (Å²) < 4.78 is 4.86. The van der Waals surface area contributed by atoms with Gasteiger partial charge in [-0.05, 0) is 193 Å². The van der Waals surface area contributed by atoms with Gasteiger partial charge in [0.2, 0.25) is 0 Å². The number of benzene rings is 15. The van der Waals surface area contributed by atoms with Crippen molar-refractivity contribution in [3.8, 4) is 55.9 Å². The third-order valence-electron chi connectivity index (χ3n) is 18.1. The second-order valence-electron chi connectivity index (χ2n) is 23.3. The molecule has 0 saturated heterocycles. The first-order valence-corrected chi connectivity index (χ1v) is 30.9. The van der Waals surface area contributed by atoms with Crippen LogP contribution in [0.5, 0.6) is 0 Å². The smallest absolute Gasteiger partial charge is 0.0542 e. The molecule has 0 atom stereocenters. The molecule has 0 spiro atoms. The summed E-state index contributed by atoms with van der Waals surface area (Å²) in [5.74, 6) is 0. The summed E-state index contributed by atoms with van der Waals surface area (Å²) >= 11 is 0. The Bertz CT molecular complexity index is 5160. The highest BCUT2D eigenvalue weighted by molar-refractivity contribution is 6.14. The molecule has 0 aliphatic rings. The van der Waals surface area contributed by atoms with Gasteiger partial charge < -0.3 is 18.9 Å². The normalized spacial score (nSPS) is 11.6. The largest absolute Gasteiger partial charge is 0.310 e. The number of rotatable bonds is 12. The zero-order valence-electron chi connectivity index (χ0n) is 49.3. The van der Waals surface area contributed by atoms with Crippen molar-refractivity contribution < 1.29 is 0 Å². The molecular weight excluding hydrogens is 1090 g/mol. The molecule has 4 nitrogen and oxygen atoms in total. The van der Waals surface area contributed by atoms with Crippen LogP contribution in [0.15, 0.2) is 352 Å². The van der Waals surface area contributed by atoms with Crippen molar-refractivity contribution in [3.05, 3.63) is 352 Å². The van der Waals surface area contributed by atoms with Crippen molar-refractivity contribution in [3.63, 3.8) is 0 Å². The fourth-order valence-electron chi connectivity index (χ4n) is 13.8. The molecule has 0 unspecified atom stereocenters. The molecule has 2 heterocycles. The number of hydrogen-bond acceptors (Lipinski definition) is 2. The Morgan fingerprint density at radius 3 is 0.900 bits per heavy atom. The van der Waals surface area contributed by atoms with Crippen molar-refractivity contribution in [2.75, 3.05) is 9.80 Å². The van der Waals surface area contributed by atoms with Crippen LogP contribution in [0, 0.1) is 0 Å². The first-order valence-electron chi connectivity index (χ1n) is 30.9. The first kappa shape index (κ1) is 52.4. The van der Waals surface area contributed by atoms with E-state index in [1.54, 1.807) is 0 Å². The molecule has 90 heavy (non-hydrogen) atoms. The number of anilines is 6. The van der Waals surface area contributed by atoms with Gasteiger partial charge in [-0.15, -0.1) is 0 Å². The molecule has 0 fully saturated rings. The summed E-state index contributed by atoms with van der Waals surface area (Å²) in [5, 5.41) is 9.64. The minimum atomic E-state index is 1.03. The summed E-state index contributed by atoms with van der Waals surface area (Å²) in [6.45, 7) is 0. The van der Waals surface area contributed by atoms with E-state index in [-0.39, 0.29) is 0 Å². The van der Waals surface area contributed by atoms with Crippen LogP contribution in [0.2, 0.25) is 0 Å². The van der Waals surface area contributed by atoms with Gasteiger partial charge in [0.25, 0.3) is 0 Å². The van der Waals surface area contributed by atoms with E-state index >= 15 is 0 Å².